The van der Waals surface area contributed by atoms with E-state index in [2.05, 4.69) is 20.7 Å². The van der Waals surface area contributed by atoms with Crippen LogP contribution in [-0.4, -0.2) is 13.1 Å². The summed E-state index contributed by atoms with van der Waals surface area (Å²) in [5.74, 6) is 0. The smallest absolute Gasteiger partial charge is 0.293 e. The van der Waals surface area contributed by atoms with Gasteiger partial charge in [0.2, 0.25) is 0 Å². The van der Waals surface area contributed by atoms with Gasteiger partial charge >= 0.3 is 0 Å². The third-order valence-electron chi connectivity index (χ3n) is 1.46. The fourth-order valence-electron chi connectivity index (χ4n) is 0.880. The van der Waals surface area contributed by atoms with Gasteiger partial charge in [0.1, 0.15) is 6.61 Å². The molecule has 0 N–H and O–H groups in total. The average Bonchev–Trinajstić information content (AvgIpc) is 2.15. The first-order valence-electron chi connectivity index (χ1n) is 3.81. The lowest BCUT2D eigenvalue weighted by molar-refractivity contribution is -0.127. The van der Waals surface area contributed by atoms with Crippen molar-refractivity contribution in [3.05, 3.63) is 40.4 Å². The summed E-state index contributed by atoms with van der Waals surface area (Å²) in [7, 11) is 0. The largest absolute Gasteiger partial charge is 0.464 e. The molecule has 68 valence electrons. The van der Waals surface area contributed by atoms with E-state index >= 15 is 0 Å². The van der Waals surface area contributed by atoms with Gasteiger partial charge in [-0.05, 0) is 17.7 Å². The summed E-state index contributed by atoms with van der Waals surface area (Å²) in [5.41, 5.74) is 1.07. The van der Waals surface area contributed by atoms with Gasteiger partial charge in [0.05, 0.1) is 0 Å². The van der Waals surface area contributed by atoms with Crippen LogP contribution in [0.25, 0.3) is 6.08 Å². The Bertz CT molecular complexity index is 308. The second-order valence-electron chi connectivity index (χ2n) is 2.35. The highest BCUT2D eigenvalue weighted by atomic mass is 79.9. The Morgan fingerprint density at radius 1 is 1.38 bits per heavy atom. The van der Waals surface area contributed by atoms with E-state index in [1.54, 1.807) is 6.08 Å². The minimum Gasteiger partial charge on any atom is -0.464 e. The summed E-state index contributed by atoms with van der Waals surface area (Å²) in [4.78, 5) is 9.82. The maximum absolute atomic E-state index is 9.82. The maximum Gasteiger partial charge on any atom is 0.293 e. The Labute approximate surface area is 85.3 Å². The molecule has 1 aromatic carbocycles. The van der Waals surface area contributed by atoms with Gasteiger partial charge in [0.25, 0.3) is 6.47 Å². The van der Waals surface area contributed by atoms with Crippen LogP contribution in [0, 0.1) is 0 Å². The zero-order chi connectivity index (χ0) is 9.52. The Morgan fingerprint density at radius 3 is 2.85 bits per heavy atom. The summed E-state index contributed by atoms with van der Waals surface area (Å²) in [6, 6.07) is 7.83. The normalized spacial score (nSPS) is 10.2. The second-order valence-corrected chi connectivity index (χ2v) is 3.21. The summed E-state index contributed by atoms with van der Waals surface area (Å²) in [6.07, 6.45) is 3.68. The van der Waals surface area contributed by atoms with Gasteiger partial charge in [0, 0.05) is 4.47 Å². The van der Waals surface area contributed by atoms with Crippen molar-refractivity contribution in [2.24, 2.45) is 0 Å². The predicted octanol–water partition coefficient (Wildman–Crippen LogP) is 2.64. The lowest BCUT2D eigenvalue weighted by atomic mass is 10.2. The van der Waals surface area contributed by atoms with Crippen molar-refractivity contribution >= 4 is 28.5 Å². The molecule has 0 amide bonds. The molecule has 0 spiro atoms. The van der Waals surface area contributed by atoms with E-state index in [-0.39, 0.29) is 0 Å². The van der Waals surface area contributed by atoms with Crippen LogP contribution < -0.4 is 0 Å². The topological polar surface area (TPSA) is 26.3 Å². The van der Waals surface area contributed by atoms with Crippen LogP contribution >= 0.6 is 15.9 Å². The molecule has 0 aliphatic carbocycles. The fraction of sp³-hybridized carbons (Fsp3) is 0.100. The lowest BCUT2D eigenvalue weighted by Gasteiger charge is -1.96. The molecule has 1 rings (SSSR count). The zero-order valence-corrected chi connectivity index (χ0v) is 8.53. The van der Waals surface area contributed by atoms with Crippen LogP contribution in [0.4, 0.5) is 0 Å². The average molecular weight is 241 g/mol. The molecule has 0 aromatic heterocycles. The molecule has 0 atom stereocenters. The molecule has 0 saturated heterocycles. The van der Waals surface area contributed by atoms with Crippen molar-refractivity contribution in [3.63, 3.8) is 0 Å². The molecular formula is C10H9BrO2. The van der Waals surface area contributed by atoms with Crippen molar-refractivity contribution < 1.29 is 9.53 Å². The summed E-state index contributed by atoms with van der Waals surface area (Å²) >= 11 is 3.40. The molecule has 0 aliphatic rings. The highest BCUT2D eigenvalue weighted by Gasteiger charge is 1.91. The van der Waals surface area contributed by atoms with E-state index in [0.717, 1.165) is 10.0 Å². The number of carbonyl (C=O) groups excluding carboxylic acids is 1. The predicted molar refractivity (Wildman–Crippen MR) is 55.2 cm³/mol. The van der Waals surface area contributed by atoms with Crippen molar-refractivity contribution in [1.29, 1.82) is 0 Å². The molecular weight excluding hydrogens is 232 g/mol. The van der Waals surface area contributed by atoms with E-state index in [9.17, 15) is 4.79 Å². The second kappa shape index (κ2) is 5.54. The first kappa shape index (κ1) is 9.99. The van der Waals surface area contributed by atoms with E-state index in [4.69, 9.17) is 0 Å². The van der Waals surface area contributed by atoms with Gasteiger partial charge in [-0.2, -0.15) is 0 Å². The van der Waals surface area contributed by atoms with Crippen LogP contribution in [0.15, 0.2) is 34.8 Å². The Balaban J connectivity index is 2.58. The lowest BCUT2D eigenvalue weighted by Crippen LogP contribution is -1.85. The Kier molecular flexibility index (Phi) is 4.26. The van der Waals surface area contributed by atoms with Crippen LogP contribution in [0.2, 0.25) is 0 Å². The van der Waals surface area contributed by atoms with E-state index in [1.807, 2.05) is 30.3 Å². The van der Waals surface area contributed by atoms with Crippen molar-refractivity contribution in [2.75, 3.05) is 6.61 Å². The molecule has 3 heteroatoms. The monoisotopic (exact) mass is 240 g/mol. The van der Waals surface area contributed by atoms with Crippen LogP contribution in [0.5, 0.6) is 0 Å². The SMILES string of the molecule is O=COC/C=C/c1ccccc1Br. The minimum atomic E-state index is 0.310. The van der Waals surface area contributed by atoms with Gasteiger partial charge in [-0.1, -0.05) is 40.2 Å². The number of carbonyl (C=O) groups is 1. The standard InChI is InChI=1S/C10H9BrO2/c11-10-6-2-1-4-9(10)5-3-7-13-8-12/h1-6,8H,7H2/b5-3+. The molecule has 2 nitrogen and oxygen atoms in total. The highest BCUT2D eigenvalue weighted by molar-refractivity contribution is 9.10. The number of rotatable bonds is 4. The van der Waals surface area contributed by atoms with Crippen LogP contribution in [0.1, 0.15) is 5.56 Å². The Hall–Kier alpha value is -1.09. The molecule has 0 radical (unpaired) electrons. The first-order valence-corrected chi connectivity index (χ1v) is 4.60. The van der Waals surface area contributed by atoms with Crippen molar-refractivity contribution in [2.45, 2.75) is 0 Å². The summed E-state index contributed by atoms with van der Waals surface area (Å²) in [5, 5.41) is 0. The van der Waals surface area contributed by atoms with Gasteiger partial charge in [0.15, 0.2) is 0 Å². The summed E-state index contributed by atoms with van der Waals surface area (Å²) < 4.78 is 5.54. The number of hydrogen-bond acceptors (Lipinski definition) is 2. The van der Waals surface area contributed by atoms with Gasteiger partial charge in [-0.15, -0.1) is 0 Å². The van der Waals surface area contributed by atoms with Crippen LogP contribution in [-0.2, 0) is 9.53 Å². The number of benzene rings is 1. The molecule has 0 aliphatic heterocycles. The summed E-state index contributed by atoms with van der Waals surface area (Å²) in [6.45, 7) is 0.745. The van der Waals surface area contributed by atoms with Crippen molar-refractivity contribution in [1.82, 2.24) is 0 Å². The Morgan fingerprint density at radius 2 is 2.15 bits per heavy atom. The number of ether oxygens (including phenoxy) is 1. The third-order valence-corrected chi connectivity index (χ3v) is 2.19. The van der Waals surface area contributed by atoms with E-state index < -0.39 is 0 Å². The molecule has 0 unspecified atom stereocenters. The fourth-order valence-corrected chi connectivity index (χ4v) is 1.30. The molecule has 13 heavy (non-hydrogen) atoms. The minimum absolute atomic E-state index is 0.310. The quantitative estimate of drug-likeness (QED) is 0.598. The molecule has 0 fully saturated rings. The third kappa shape index (κ3) is 3.42. The van der Waals surface area contributed by atoms with Gasteiger partial charge in [-0.25, -0.2) is 0 Å². The van der Waals surface area contributed by atoms with Gasteiger partial charge < -0.3 is 4.74 Å². The number of halogens is 1. The molecule has 0 bridgehead atoms. The van der Waals surface area contributed by atoms with Crippen molar-refractivity contribution in [3.8, 4) is 0 Å². The first-order chi connectivity index (χ1) is 6.34. The highest BCUT2D eigenvalue weighted by Crippen LogP contribution is 2.16. The van der Waals surface area contributed by atoms with E-state index in [0.29, 0.717) is 13.1 Å². The van der Waals surface area contributed by atoms with E-state index in [1.165, 1.54) is 0 Å². The number of hydrogen-bond donors (Lipinski definition) is 0. The zero-order valence-electron chi connectivity index (χ0n) is 6.94. The van der Waals surface area contributed by atoms with Crippen LogP contribution in [0.3, 0.4) is 0 Å². The maximum atomic E-state index is 9.82. The molecule has 0 saturated carbocycles. The molecule has 1 aromatic rings. The van der Waals surface area contributed by atoms with Gasteiger partial charge in [-0.3, -0.25) is 4.79 Å². The molecule has 0 heterocycles.